The minimum absolute atomic E-state index is 0.660. The van der Waals surface area contributed by atoms with Crippen LogP contribution in [0.3, 0.4) is 0 Å². The van der Waals surface area contributed by atoms with Gasteiger partial charge in [-0.25, -0.2) is 0 Å². The second-order valence-corrected chi connectivity index (χ2v) is 4.53. The summed E-state index contributed by atoms with van der Waals surface area (Å²) in [5.74, 6) is 0.783. The van der Waals surface area contributed by atoms with E-state index in [1.165, 1.54) is 19.4 Å². The zero-order chi connectivity index (χ0) is 9.68. The summed E-state index contributed by atoms with van der Waals surface area (Å²) < 4.78 is 5.37. The molecular weight excluding hydrogens is 230 g/mol. The molecule has 0 bridgehead atoms. The van der Waals surface area contributed by atoms with Crippen molar-refractivity contribution in [3.63, 3.8) is 0 Å². The molecule has 3 heteroatoms. The van der Waals surface area contributed by atoms with Crippen molar-refractivity contribution in [2.75, 3.05) is 32.1 Å². The highest BCUT2D eigenvalue weighted by Gasteiger charge is 2.21. The summed E-state index contributed by atoms with van der Waals surface area (Å²) >= 11 is 3.56. The van der Waals surface area contributed by atoms with Gasteiger partial charge in [-0.15, -0.1) is 0 Å². The molecule has 0 N–H and O–H groups in total. The molecule has 0 aromatic carbocycles. The Hall–Kier alpha value is 0.400. The minimum atomic E-state index is 0.660. The van der Waals surface area contributed by atoms with E-state index in [1.807, 2.05) is 0 Å². The van der Waals surface area contributed by atoms with E-state index in [9.17, 15) is 0 Å². The maximum Gasteiger partial charge on any atom is 0.0622 e. The fourth-order valence-electron chi connectivity index (χ4n) is 1.71. The first-order valence-corrected chi connectivity index (χ1v) is 6.24. The van der Waals surface area contributed by atoms with Crippen molar-refractivity contribution in [1.82, 2.24) is 4.90 Å². The summed E-state index contributed by atoms with van der Waals surface area (Å²) in [6.45, 7) is 5.32. The zero-order valence-corrected chi connectivity index (χ0v) is 10.2. The van der Waals surface area contributed by atoms with Crippen LogP contribution in [-0.4, -0.2) is 43.1 Å². The summed E-state index contributed by atoms with van der Waals surface area (Å²) in [4.78, 5) is 2.45. The predicted octanol–water partition coefficient (Wildman–Crippen LogP) is 2.13. The summed E-state index contributed by atoms with van der Waals surface area (Å²) in [5, 5.41) is 1.11. The molecule has 0 aliphatic carbocycles. The predicted molar refractivity (Wildman–Crippen MR) is 59.4 cm³/mol. The fourth-order valence-corrected chi connectivity index (χ4v) is 2.38. The Morgan fingerprint density at radius 3 is 2.85 bits per heavy atom. The number of halogens is 1. The molecule has 2 nitrogen and oxygen atoms in total. The van der Waals surface area contributed by atoms with Crippen LogP contribution >= 0.6 is 15.9 Å². The lowest BCUT2D eigenvalue weighted by atomic mass is 10.1. The van der Waals surface area contributed by atoms with Gasteiger partial charge in [0.2, 0.25) is 0 Å². The molecule has 2 atom stereocenters. The van der Waals surface area contributed by atoms with Crippen LogP contribution in [0.1, 0.15) is 19.8 Å². The third-order valence-electron chi connectivity index (χ3n) is 2.87. The van der Waals surface area contributed by atoms with Crippen LogP contribution in [0.25, 0.3) is 0 Å². The minimum Gasteiger partial charge on any atom is -0.380 e. The maximum absolute atomic E-state index is 5.37. The van der Waals surface area contributed by atoms with Crippen molar-refractivity contribution < 1.29 is 4.74 Å². The standard InChI is InChI=1S/C10H20BrNO/c1-3-9(6-11)7-12(2)10-4-5-13-8-10/h9-10H,3-8H2,1-2H3. The largest absolute Gasteiger partial charge is 0.380 e. The molecule has 0 aromatic rings. The van der Waals surface area contributed by atoms with E-state index < -0.39 is 0 Å². The van der Waals surface area contributed by atoms with Gasteiger partial charge in [-0.05, 0) is 19.4 Å². The fraction of sp³-hybridized carbons (Fsp3) is 1.00. The Bertz CT molecular complexity index is 133. The molecule has 1 rings (SSSR count). The summed E-state index contributed by atoms with van der Waals surface area (Å²) in [5.41, 5.74) is 0. The molecule has 0 spiro atoms. The first kappa shape index (κ1) is 11.5. The monoisotopic (exact) mass is 249 g/mol. The van der Waals surface area contributed by atoms with E-state index in [0.29, 0.717) is 6.04 Å². The van der Waals surface area contributed by atoms with Crippen molar-refractivity contribution in [3.05, 3.63) is 0 Å². The van der Waals surface area contributed by atoms with Crippen LogP contribution in [0, 0.1) is 5.92 Å². The number of alkyl halides is 1. The van der Waals surface area contributed by atoms with Crippen LogP contribution in [-0.2, 0) is 4.74 Å². The highest BCUT2D eigenvalue weighted by atomic mass is 79.9. The molecule has 2 unspecified atom stereocenters. The Labute approximate surface area is 89.8 Å². The van der Waals surface area contributed by atoms with Gasteiger partial charge in [-0.1, -0.05) is 29.3 Å². The molecule has 1 aliphatic heterocycles. The van der Waals surface area contributed by atoms with E-state index >= 15 is 0 Å². The lowest BCUT2D eigenvalue weighted by Crippen LogP contribution is -2.36. The zero-order valence-electron chi connectivity index (χ0n) is 8.63. The van der Waals surface area contributed by atoms with Gasteiger partial charge in [-0.2, -0.15) is 0 Å². The third kappa shape index (κ3) is 3.56. The Morgan fingerprint density at radius 1 is 1.62 bits per heavy atom. The highest BCUT2D eigenvalue weighted by molar-refractivity contribution is 9.09. The molecule has 1 fully saturated rings. The van der Waals surface area contributed by atoms with E-state index in [1.54, 1.807) is 0 Å². The van der Waals surface area contributed by atoms with E-state index in [0.717, 1.165) is 24.5 Å². The molecule has 0 aromatic heterocycles. The van der Waals surface area contributed by atoms with E-state index in [2.05, 4.69) is 34.8 Å². The average Bonchev–Trinajstić information content (AvgIpc) is 2.66. The second kappa shape index (κ2) is 5.99. The average molecular weight is 250 g/mol. The van der Waals surface area contributed by atoms with E-state index in [-0.39, 0.29) is 0 Å². The molecule has 1 aliphatic rings. The SMILES string of the molecule is CCC(CBr)CN(C)C1CCOC1. The van der Waals surface area contributed by atoms with Crippen molar-refractivity contribution in [3.8, 4) is 0 Å². The second-order valence-electron chi connectivity index (χ2n) is 3.89. The number of rotatable bonds is 5. The first-order valence-electron chi connectivity index (χ1n) is 5.11. The van der Waals surface area contributed by atoms with Crippen LogP contribution in [0.4, 0.5) is 0 Å². The Kier molecular flexibility index (Phi) is 5.29. The number of likely N-dealkylation sites (N-methyl/N-ethyl adjacent to an activating group) is 1. The summed E-state index contributed by atoms with van der Waals surface area (Å²) in [7, 11) is 2.21. The molecular formula is C10H20BrNO. The Morgan fingerprint density at radius 2 is 2.38 bits per heavy atom. The van der Waals surface area contributed by atoms with Crippen LogP contribution in [0.2, 0.25) is 0 Å². The van der Waals surface area contributed by atoms with Crippen LogP contribution in [0.15, 0.2) is 0 Å². The highest BCUT2D eigenvalue weighted by Crippen LogP contribution is 2.14. The number of ether oxygens (including phenoxy) is 1. The topological polar surface area (TPSA) is 12.5 Å². The van der Waals surface area contributed by atoms with Gasteiger partial charge in [-0.3, -0.25) is 0 Å². The maximum atomic E-state index is 5.37. The van der Waals surface area contributed by atoms with Gasteiger partial charge < -0.3 is 9.64 Å². The first-order chi connectivity index (χ1) is 6.27. The quantitative estimate of drug-likeness (QED) is 0.693. The van der Waals surface area contributed by atoms with Gasteiger partial charge in [0.05, 0.1) is 6.61 Å². The molecule has 78 valence electrons. The lowest BCUT2D eigenvalue weighted by Gasteiger charge is -2.26. The van der Waals surface area contributed by atoms with Gasteiger partial charge >= 0.3 is 0 Å². The summed E-state index contributed by atoms with van der Waals surface area (Å²) in [6.07, 6.45) is 2.46. The van der Waals surface area contributed by atoms with Gasteiger partial charge in [0.15, 0.2) is 0 Å². The summed E-state index contributed by atoms with van der Waals surface area (Å²) in [6, 6.07) is 0.660. The molecule has 0 radical (unpaired) electrons. The van der Waals surface area contributed by atoms with Gasteiger partial charge in [0.25, 0.3) is 0 Å². The molecule has 0 amide bonds. The number of hydrogen-bond donors (Lipinski definition) is 0. The molecule has 1 saturated heterocycles. The van der Waals surface area contributed by atoms with Crippen molar-refractivity contribution in [2.24, 2.45) is 5.92 Å². The normalized spacial score (nSPS) is 25.4. The van der Waals surface area contributed by atoms with Crippen LogP contribution in [0.5, 0.6) is 0 Å². The molecule has 13 heavy (non-hydrogen) atoms. The molecule has 0 saturated carbocycles. The Balaban J connectivity index is 2.25. The number of hydrogen-bond acceptors (Lipinski definition) is 2. The van der Waals surface area contributed by atoms with Crippen molar-refractivity contribution in [2.45, 2.75) is 25.8 Å². The lowest BCUT2D eigenvalue weighted by molar-refractivity contribution is 0.151. The van der Waals surface area contributed by atoms with Crippen molar-refractivity contribution >= 4 is 15.9 Å². The molecule has 1 heterocycles. The smallest absolute Gasteiger partial charge is 0.0622 e. The number of nitrogens with zero attached hydrogens (tertiary/aromatic N) is 1. The van der Waals surface area contributed by atoms with Crippen molar-refractivity contribution in [1.29, 1.82) is 0 Å². The van der Waals surface area contributed by atoms with Gasteiger partial charge in [0, 0.05) is 24.5 Å². The third-order valence-corrected chi connectivity index (χ3v) is 3.79. The van der Waals surface area contributed by atoms with E-state index in [4.69, 9.17) is 4.74 Å². The van der Waals surface area contributed by atoms with Crippen LogP contribution < -0.4 is 0 Å². The van der Waals surface area contributed by atoms with Gasteiger partial charge in [0.1, 0.15) is 0 Å².